The van der Waals surface area contributed by atoms with Crippen LogP contribution in [0.5, 0.6) is 0 Å². The fraction of sp³-hybridized carbons (Fsp3) is 0.857. The third kappa shape index (κ3) is 1.32. The zero-order valence-electron chi connectivity index (χ0n) is 6.90. The summed E-state index contributed by atoms with van der Waals surface area (Å²) >= 11 is 0. The van der Waals surface area contributed by atoms with Crippen LogP contribution in [0.2, 0.25) is 0 Å². The van der Waals surface area contributed by atoms with E-state index in [9.17, 15) is 0 Å². The minimum absolute atomic E-state index is 0.0220. The van der Waals surface area contributed by atoms with Crippen molar-refractivity contribution in [2.24, 2.45) is 11.7 Å². The molecule has 0 aliphatic heterocycles. The summed E-state index contributed by atoms with van der Waals surface area (Å²) < 4.78 is 0. The summed E-state index contributed by atoms with van der Waals surface area (Å²) in [5, 5.41) is 13.7. The van der Waals surface area contributed by atoms with E-state index >= 15 is 0 Å². The van der Waals surface area contributed by atoms with Crippen molar-refractivity contribution in [3.8, 4) is 0 Å². The average molecular weight is 167 g/mol. The van der Waals surface area contributed by atoms with Gasteiger partial charge >= 0.3 is 0 Å². The van der Waals surface area contributed by atoms with E-state index in [0.717, 1.165) is 0 Å². The van der Waals surface area contributed by atoms with Gasteiger partial charge in [-0.05, 0) is 18.8 Å². The van der Waals surface area contributed by atoms with Crippen LogP contribution in [-0.2, 0) is 0 Å². The zero-order valence-corrected chi connectivity index (χ0v) is 6.90. The first-order chi connectivity index (χ1) is 5.88. The lowest BCUT2D eigenvalue weighted by molar-refractivity contribution is 0.428. The number of rotatable bonds is 2. The van der Waals surface area contributed by atoms with E-state index in [1.165, 1.54) is 25.7 Å². The Bertz CT molecular complexity index is 226. The molecule has 0 bridgehead atoms. The van der Waals surface area contributed by atoms with Crippen LogP contribution in [-0.4, -0.2) is 20.6 Å². The topological polar surface area (TPSA) is 80.5 Å². The zero-order chi connectivity index (χ0) is 8.39. The van der Waals surface area contributed by atoms with E-state index in [1.807, 2.05) is 0 Å². The van der Waals surface area contributed by atoms with Gasteiger partial charge in [0.1, 0.15) is 0 Å². The molecule has 1 unspecified atom stereocenters. The molecule has 66 valence electrons. The van der Waals surface area contributed by atoms with Gasteiger partial charge in [0.15, 0.2) is 5.82 Å². The molecule has 1 aliphatic carbocycles. The molecule has 5 heteroatoms. The number of nitrogens with two attached hydrogens (primary N) is 1. The summed E-state index contributed by atoms with van der Waals surface area (Å²) in [7, 11) is 0. The second kappa shape index (κ2) is 3.18. The van der Waals surface area contributed by atoms with Crippen LogP contribution in [0.1, 0.15) is 37.5 Å². The summed E-state index contributed by atoms with van der Waals surface area (Å²) in [6.07, 6.45) is 4.98. The maximum Gasteiger partial charge on any atom is 0.191 e. The van der Waals surface area contributed by atoms with Crippen LogP contribution in [0.25, 0.3) is 0 Å². The number of hydrogen-bond donors (Lipinski definition) is 2. The molecule has 1 heterocycles. The Morgan fingerprint density at radius 2 is 2.17 bits per heavy atom. The predicted molar refractivity (Wildman–Crippen MR) is 43.1 cm³/mol. The standard InChI is InChI=1S/C7H13N5/c8-6(5-3-1-2-4-5)7-9-11-12-10-7/h5-6H,1-4,8H2,(H,9,10,11,12). The van der Waals surface area contributed by atoms with E-state index in [4.69, 9.17) is 5.73 Å². The van der Waals surface area contributed by atoms with Crippen molar-refractivity contribution in [1.29, 1.82) is 0 Å². The van der Waals surface area contributed by atoms with Crippen molar-refractivity contribution >= 4 is 0 Å². The molecule has 1 aliphatic rings. The number of nitrogens with one attached hydrogen (secondary N) is 1. The monoisotopic (exact) mass is 167 g/mol. The van der Waals surface area contributed by atoms with Crippen molar-refractivity contribution < 1.29 is 0 Å². The molecule has 1 fully saturated rings. The lowest BCUT2D eigenvalue weighted by Gasteiger charge is -2.13. The van der Waals surface area contributed by atoms with Gasteiger partial charge in [0.2, 0.25) is 0 Å². The van der Waals surface area contributed by atoms with Crippen LogP contribution in [0, 0.1) is 5.92 Å². The van der Waals surface area contributed by atoms with E-state index in [1.54, 1.807) is 0 Å². The molecule has 1 aromatic rings. The van der Waals surface area contributed by atoms with Crippen LogP contribution in [0.15, 0.2) is 0 Å². The fourth-order valence-corrected chi connectivity index (χ4v) is 1.84. The molecule has 0 amide bonds. The molecule has 0 spiro atoms. The Labute approximate surface area is 70.7 Å². The number of aromatic amines is 1. The third-order valence-electron chi connectivity index (χ3n) is 2.57. The Hall–Kier alpha value is -0.970. The molecule has 0 radical (unpaired) electrons. The highest BCUT2D eigenvalue weighted by atomic mass is 15.5. The Balaban J connectivity index is 2.04. The summed E-state index contributed by atoms with van der Waals surface area (Å²) in [6.45, 7) is 0. The summed E-state index contributed by atoms with van der Waals surface area (Å²) in [4.78, 5) is 0. The van der Waals surface area contributed by atoms with Gasteiger partial charge in [0.25, 0.3) is 0 Å². The SMILES string of the molecule is NC(c1nn[nH]n1)C1CCCC1. The van der Waals surface area contributed by atoms with Crippen LogP contribution >= 0.6 is 0 Å². The number of nitrogens with zero attached hydrogens (tertiary/aromatic N) is 3. The molecule has 0 saturated heterocycles. The van der Waals surface area contributed by atoms with E-state index in [0.29, 0.717) is 11.7 Å². The first-order valence-electron chi connectivity index (χ1n) is 4.37. The van der Waals surface area contributed by atoms with Gasteiger partial charge in [-0.15, -0.1) is 10.2 Å². The number of aromatic nitrogens is 4. The lowest BCUT2D eigenvalue weighted by Crippen LogP contribution is -2.20. The molecule has 1 saturated carbocycles. The maximum absolute atomic E-state index is 5.96. The average Bonchev–Trinajstić information content (AvgIpc) is 2.77. The van der Waals surface area contributed by atoms with E-state index in [-0.39, 0.29) is 6.04 Å². The molecular formula is C7H13N5. The number of tetrazole rings is 1. The smallest absolute Gasteiger partial charge is 0.191 e. The Morgan fingerprint density at radius 3 is 2.75 bits per heavy atom. The fourth-order valence-electron chi connectivity index (χ4n) is 1.84. The van der Waals surface area contributed by atoms with Gasteiger partial charge in [-0.2, -0.15) is 5.21 Å². The van der Waals surface area contributed by atoms with Gasteiger partial charge in [0.05, 0.1) is 6.04 Å². The van der Waals surface area contributed by atoms with Crippen molar-refractivity contribution in [1.82, 2.24) is 20.6 Å². The van der Waals surface area contributed by atoms with Gasteiger partial charge in [-0.1, -0.05) is 18.1 Å². The summed E-state index contributed by atoms with van der Waals surface area (Å²) in [5.41, 5.74) is 5.96. The summed E-state index contributed by atoms with van der Waals surface area (Å²) in [6, 6.07) is -0.0220. The summed E-state index contributed by atoms with van der Waals surface area (Å²) in [5.74, 6) is 1.21. The molecule has 1 atom stereocenters. The van der Waals surface area contributed by atoms with Gasteiger partial charge < -0.3 is 5.73 Å². The first kappa shape index (κ1) is 7.67. The molecule has 5 nitrogen and oxygen atoms in total. The highest BCUT2D eigenvalue weighted by Gasteiger charge is 2.25. The van der Waals surface area contributed by atoms with Crippen molar-refractivity contribution in [2.75, 3.05) is 0 Å². The Kier molecular flexibility index (Phi) is 2.03. The minimum Gasteiger partial charge on any atom is -0.321 e. The van der Waals surface area contributed by atoms with Crippen LogP contribution in [0.3, 0.4) is 0 Å². The van der Waals surface area contributed by atoms with Crippen molar-refractivity contribution in [3.05, 3.63) is 5.82 Å². The van der Waals surface area contributed by atoms with Crippen molar-refractivity contribution in [3.63, 3.8) is 0 Å². The van der Waals surface area contributed by atoms with E-state index < -0.39 is 0 Å². The second-order valence-electron chi connectivity index (χ2n) is 3.34. The number of hydrogen-bond acceptors (Lipinski definition) is 4. The first-order valence-corrected chi connectivity index (χ1v) is 4.37. The molecule has 12 heavy (non-hydrogen) atoms. The highest BCUT2D eigenvalue weighted by Crippen LogP contribution is 2.32. The molecular weight excluding hydrogens is 154 g/mol. The van der Waals surface area contributed by atoms with E-state index in [2.05, 4.69) is 20.6 Å². The molecule has 0 aromatic carbocycles. The maximum atomic E-state index is 5.96. The van der Waals surface area contributed by atoms with Crippen molar-refractivity contribution in [2.45, 2.75) is 31.7 Å². The number of H-pyrrole nitrogens is 1. The highest BCUT2D eigenvalue weighted by molar-refractivity contribution is 4.92. The van der Waals surface area contributed by atoms with Gasteiger partial charge in [-0.3, -0.25) is 0 Å². The predicted octanol–water partition coefficient (Wildman–Crippen LogP) is 0.390. The molecule has 1 aromatic heterocycles. The minimum atomic E-state index is -0.0220. The normalized spacial score (nSPS) is 21.4. The molecule has 2 rings (SSSR count). The largest absolute Gasteiger partial charge is 0.321 e. The second-order valence-corrected chi connectivity index (χ2v) is 3.34. The van der Waals surface area contributed by atoms with Gasteiger partial charge in [0, 0.05) is 0 Å². The molecule has 3 N–H and O–H groups in total. The lowest BCUT2D eigenvalue weighted by atomic mass is 9.99. The third-order valence-corrected chi connectivity index (χ3v) is 2.57. The van der Waals surface area contributed by atoms with Crippen LogP contribution in [0.4, 0.5) is 0 Å². The quantitative estimate of drug-likeness (QED) is 0.667. The Morgan fingerprint density at radius 1 is 1.42 bits per heavy atom. The van der Waals surface area contributed by atoms with Crippen LogP contribution < -0.4 is 5.73 Å². The van der Waals surface area contributed by atoms with Gasteiger partial charge in [-0.25, -0.2) is 0 Å².